The predicted octanol–water partition coefficient (Wildman–Crippen LogP) is 2.11. The third-order valence-corrected chi connectivity index (χ3v) is 3.64. The second-order valence-corrected chi connectivity index (χ2v) is 5.95. The molecule has 2 aromatic carbocycles. The van der Waals surface area contributed by atoms with Gasteiger partial charge in [0.25, 0.3) is 0 Å². The fourth-order valence-corrected chi connectivity index (χ4v) is 2.38. The van der Waals surface area contributed by atoms with E-state index in [1.54, 1.807) is 19.1 Å². The van der Waals surface area contributed by atoms with E-state index in [1.807, 2.05) is 0 Å². The van der Waals surface area contributed by atoms with Gasteiger partial charge in [-0.2, -0.15) is 0 Å². The Morgan fingerprint density at radius 3 is 2.50 bits per heavy atom. The van der Waals surface area contributed by atoms with Crippen LogP contribution in [0.5, 0.6) is 0 Å². The van der Waals surface area contributed by atoms with Crippen molar-refractivity contribution in [1.82, 2.24) is 0 Å². The van der Waals surface area contributed by atoms with Crippen LogP contribution in [-0.4, -0.2) is 8.42 Å². The maximum absolute atomic E-state index is 13.7. The van der Waals surface area contributed by atoms with Crippen LogP contribution < -0.4 is 16.2 Å². The van der Waals surface area contributed by atoms with E-state index in [1.165, 1.54) is 24.3 Å². The van der Waals surface area contributed by atoms with E-state index in [0.29, 0.717) is 11.3 Å². The first kappa shape index (κ1) is 14.3. The Morgan fingerprint density at radius 1 is 1.20 bits per heavy atom. The number of sulfonamides is 1. The highest BCUT2D eigenvalue weighted by Gasteiger charge is 2.12. The molecule has 0 bridgehead atoms. The van der Waals surface area contributed by atoms with Gasteiger partial charge in [-0.15, -0.1) is 0 Å². The molecule has 0 aliphatic rings. The lowest BCUT2D eigenvalue weighted by molar-refractivity contribution is 0.598. The number of nitrogen functional groups attached to an aromatic ring is 1. The average Bonchev–Trinajstić information content (AvgIpc) is 2.32. The van der Waals surface area contributed by atoms with Gasteiger partial charge in [-0.05, 0) is 36.8 Å². The molecule has 0 aromatic heterocycles. The Kier molecular flexibility index (Phi) is 3.65. The van der Waals surface area contributed by atoms with Gasteiger partial charge in [0.05, 0.1) is 10.6 Å². The Balaban J connectivity index is 2.47. The Bertz CT molecular complexity index is 740. The van der Waals surface area contributed by atoms with Gasteiger partial charge < -0.3 is 11.1 Å². The Labute approximate surface area is 116 Å². The third-order valence-electron chi connectivity index (χ3n) is 2.75. The van der Waals surface area contributed by atoms with E-state index in [2.05, 4.69) is 5.32 Å². The van der Waals surface area contributed by atoms with Crippen molar-refractivity contribution in [1.29, 1.82) is 0 Å². The van der Waals surface area contributed by atoms with E-state index >= 15 is 0 Å². The molecule has 0 saturated heterocycles. The SMILES string of the molecule is Cc1cccc(F)c1Nc1cc(N)cc(S(N)(=O)=O)c1. The normalized spacial score (nSPS) is 11.3. The number of rotatable bonds is 3. The van der Waals surface area contributed by atoms with E-state index < -0.39 is 15.8 Å². The Hall–Kier alpha value is -2.12. The minimum Gasteiger partial charge on any atom is -0.399 e. The first-order valence-corrected chi connectivity index (χ1v) is 7.27. The molecule has 5 nitrogen and oxygen atoms in total. The second kappa shape index (κ2) is 5.10. The number of halogens is 1. The zero-order valence-electron chi connectivity index (χ0n) is 10.7. The molecule has 0 aliphatic carbocycles. The molecule has 2 rings (SSSR count). The predicted molar refractivity (Wildman–Crippen MR) is 76.6 cm³/mol. The minimum atomic E-state index is -3.87. The zero-order chi connectivity index (χ0) is 14.9. The highest BCUT2D eigenvalue weighted by molar-refractivity contribution is 7.89. The van der Waals surface area contributed by atoms with Crippen LogP contribution in [0.4, 0.5) is 21.5 Å². The molecular formula is C13H14FN3O2S. The fraction of sp³-hybridized carbons (Fsp3) is 0.0769. The van der Waals surface area contributed by atoms with E-state index in [-0.39, 0.29) is 16.3 Å². The van der Waals surface area contributed by atoms with Crippen molar-refractivity contribution >= 4 is 27.1 Å². The summed E-state index contributed by atoms with van der Waals surface area (Å²) < 4.78 is 36.4. The molecule has 0 atom stereocenters. The first-order chi connectivity index (χ1) is 9.27. The van der Waals surface area contributed by atoms with E-state index in [9.17, 15) is 12.8 Å². The lowest BCUT2D eigenvalue weighted by Crippen LogP contribution is -2.13. The van der Waals surface area contributed by atoms with Crippen LogP contribution in [0.2, 0.25) is 0 Å². The molecule has 0 heterocycles. The van der Waals surface area contributed by atoms with Crippen LogP contribution in [0.3, 0.4) is 0 Å². The summed E-state index contributed by atoms with van der Waals surface area (Å²) in [5.41, 5.74) is 7.14. The van der Waals surface area contributed by atoms with Crippen molar-refractivity contribution in [3.63, 3.8) is 0 Å². The largest absolute Gasteiger partial charge is 0.399 e. The first-order valence-electron chi connectivity index (χ1n) is 5.73. The van der Waals surface area contributed by atoms with Crippen molar-refractivity contribution in [3.05, 3.63) is 47.8 Å². The standard InChI is InChI=1S/C13H14FN3O2S/c1-8-3-2-4-12(14)13(8)17-10-5-9(15)6-11(7-10)20(16,18)19/h2-7,17H,15H2,1H3,(H2,16,18,19). The van der Waals surface area contributed by atoms with Crippen LogP contribution in [-0.2, 0) is 10.0 Å². The van der Waals surface area contributed by atoms with Crippen LogP contribution in [0, 0.1) is 12.7 Å². The van der Waals surface area contributed by atoms with Crippen molar-refractivity contribution in [2.24, 2.45) is 5.14 Å². The summed E-state index contributed by atoms with van der Waals surface area (Å²) >= 11 is 0. The van der Waals surface area contributed by atoms with Crippen molar-refractivity contribution in [2.45, 2.75) is 11.8 Å². The molecule has 0 saturated carbocycles. The molecule has 20 heavy (non-hydrogen) atoms. The van der Waals surface area contributed by atoms with Crippen molar-refractivity contribution < 1.29 is 12.8 Å². The average molecular weight is 295 g/mol. The molecule has 0 amide bonds. The summed E-state index contributed by atoms with van der Waals surface area (Å²) in [6.45, 7) is 1.73. The number of para-hydroxylation sites is 1. The molecular weight excluding hydrogens is 281 g/mol. The molecule has 0 aliphatic heterocycles. The number of primary sulfonamides is 1. The maximum atomic E-state index is 13.7. The molecule has 0 radical (unpaired) electrons. The van der Waals surface area contributed by atoms with Gasteiger partial charge in [0.1, 0.15) is 5.82 Å². The number of hydrogen-bond acceptors (Lipinski definition) is 4. The maximum Gasteiger partial charge on any atom is 0.238 e. The van der Waals surface area contributed by atoms with Gasteiger partial charge in [0, 0.05) is 11.4 Å². The molecule has 2 aromatic rings. The van der Waals surface area contributed by atoms with Gasteiger partial charge in [0.2, 0.25) is 10.0 Å². The number of benzene rings is 2. The third kappa shape index (κ3) is 3.06. The number of nitrogens with two attached hydrogens (primary N) is 2. The molecule has 106 valence electrons. The van der Waals surface area contributed by atoms with Gasteiger partial charge in [-0.25, -0.2) is 17.9 Å². The van der Waals surface area contributed by atoms with Gasteiger partial charge in [0.15, 0.2) is 0 Å². The van der Waals surface area contributed by atoms with Gasteiger partial charge in [-0.3, -0.25) is 0 Å². The van der Waals surface area contributed by atoms with Crippen LogP contribution >= 0.6 is 0 Å². The molecule has 0 unspecified atom stereocenters. The van der Waals surface area contributed by atoms with Gasteiger partial charge >= 0.3 is 0 Å². The topological polar surface area (TPSA) is 98.2 Å². The molecule has 5 N–H and O–H groups in total. The Morgan fingerprint density at radius 2 is 1.90 bits per heavy atom. The summed E-state index contributed by atoms with van der Waals surface area (Å²) in [6, 6.07) is 8.68. The minimum absolute atomic E-state index is 0.131. The summed E-state index contributed by atoms with van der Waals surface area (Å²) in [5.74, 6) is -0.440. The monoisotopic (exact) mass is 295 g/mol. The number of hydrogen-bond donors (Lipinski definition) is 3. The quantitative estimate of drug-likeness (QED) is 0.755. The number of nitrogens with one attached hydrogen (secondary N) is 1. The number of anilines is 3. The fourth-order valence-electron chi connectivity index (χ4n) is 1.79. The number of aryl methyl sites for hydroxylation is 1. The molecule has 0 fully saturated rings. The van der Waals surface area contributed by atoms with Crippen LogP contribution in [0.1, 0.15) is 5.56 Å². The lowest BCUT2D eigenvalue weighted by atomic mass is 10.2. The van der Waals surface area contributed by atoms with Gasteiger partial charge in [-0.1, -0.05) is 12.1 Å². The van der Waals surface area contributed by atoms with Crippen LogP contribution in [0.25, 0.3) is 0 Å². The van der Waals surface area contributed by atoms with E-state index in [4.69, 9.17) is 10.9 Å². The molecule has 7 heteroatoms. The summed E-state index contributed by atoms with van der Waals surface area (Å²) in [7, 11) is -3.87. The zero-order valence-corrected chi connectivity index (χ0v) is 11.5. The smallest absolute Gasteiger partial charge is 0.238 e. The highest BCUT2D eigenvalue weighted by atomic mass is 32.2. The summed E-state index contributed by atoms with van der Waals surface area (Å²) in [5, 5.41) is 7.88. The van der Waals surface area contributed by atoms with Crippen molar-refractivity contribution in [3.8, 4) is 0 Å². The summed E-state index contributed by atoms with van der Waals surface area (Å²) in [6.07, 6.45) is 0. The summed E-state index contributed by atoms with van der Waals surface area (Å²) in [4.78, 5) is -0.131. The van der Waals surface area contributed by atoms with Crippen molar-refractivity contribution in [2.75, 3.05) is 11.1 Å². The van der Waals surface area contributed by atoms with E-state index in [0.717, 1.165) is 0 Å². The highest BCUT2D eigenvalue weighted by Crippen LogP contribution is 2.26. The second-order valence-electron chi connectivity index (χ2n) is 4.39. The van der Waals surface area contributed by atoms with Crippen LogP contribution in [0.15, 0.2) is 41.3 Å². The lowest BCUT2D eigenvalue weighted by Gasteiger charge is -2.12. The molecule has 0 spiro atoms.